The fourth-order valence-corrected chi connectivity index (χ4v) is 2.93. The lowest BCUT2D eigenvalue weighted by atomic mass is 9.96. The molecule has 2 aromatic heterocycles. The highest BCUT2D eigenvalue weighted by molar-refractivity contribution is 5.93. The average Bonchev–Trinajstić information content (AvgIpc) is 3.08. The van der Waals surface area contributed by atoms with Crippen molar-refractivity contribution in [2.75, 3.05) is 18.4 Å². The highest BCUT2D eigenvalue weighted by Crippen LogP contribution is 2.20. The number of aromatic nitrogens is 5. The predicted octanol–water partition coefficient (Wildman–Crippen LogP) is 0.807. The molecule has 0 spiro atoms. The molecular weight excluding hydrogens is 294 g/mol. The zero-order valence-corrected chi connectivity index (χ0v) is 13.2. The minimum absolute atomic E-state index is 0.0717. The number of rotatable bonds is 5. The number of carbonyl (C=O) groups excluding carboxylic acids is 1. The van der Waals surface area contributed by atoms with Gasteiger partial charge in [-0.3, -0.25) is 19.7 Å². The van der Waals surface area contributed by atoms with Gasteiger partial charge in [0, 0.05) is 25.5 Å². The summed E-state index contributed by atoms with van der Waals surface area (Å²) in [6, 6.07) is 1.51. The third-order valence-electron chi connectivity index (χ3n) is 4.19. The molecule has 8 nitrogen and oxygen atoms in total. The number of piperidine rings is 1. The van der Waals surface area contributed by atoms with Crippen LogP contribution in [0.3, 0.4) is 0 Å². The van der Waals surface area contributed by atoms with E-state index in [9.17, 15) is 4.79 Å². The van der Waals surface area contributed by atoms with Crippen LogP contribution >= 0.6 is 0 Å². The van der Waals surface area contributed by atoms with Crippen LogP contribution in [0.15, 0.2) is 31.1 Å². The van der Waals surface area contributed by atoms with Crippen LogP contribution < -0.4 is 5.32 Å². The van der Waals surface area contributed by atoms with Crippen molar-refractivity contribution in [3.8, 4) is 0 Å². The van der Waals surface area contributed by atoms with Crippen LogP contribution in [0.2, 0.25) is 0 Å². The molecule has 1 aliphatic heterocycles. The van der Waals surface area contributed by atoms with Crippen LogP contribution in [0.1, 0.15) is 19.8 Å². The van der Waals surface area contributed by atoms with E-state index in [-0.39, 0.29) is 11.9 Å². The summed E-state index contributed by atoms with van der Waals surface area (Å²) in [6.45, 7) is 4.57. The monoisotopic (exact) mass is 315 g/mol. The standard InChI is InChI=1S/C15H21N7O/c1-12(14(23)20-15-17-5-3-6-18-15)21-7-2-4-13(8-21)9-22-11-16-10-19-22/h3,5-6,10-13H,2,4,7-9H2,1H3,(H,17,18,20,23)/t12-,13-/m0/s1. The second kappa shape index (κ2) is 7.28. The fraction of sp³-hybridized carbons (Fsp3) is 0.533. The predicted molar refractivity (Wildman–Crippen MR) is 84.4 cm³/mol. The largest absolute Gasteiger partial charge is 0.293 e. The molecule has 0 aliphatic carbocycles. The summed E-state index contributed by atoms with van der Waals surface area (Å²) in [5.74, 6) is 0.756. The molecule has 2 atom stereocenters. The lowest BCUT2D eigenvalue weighted by Crippen LogP contribution is -2.47. The minimum atomic E-state index is -0.211. The van der Waals surface area contributed by atoms with Gasteiger partial charge in [0.05, 0.1) is 6.04 Å². The Bertz CT molecular complexity index is 616. The van der Waals surface area contributed by atoms with Crippen LogP contribution in [0.4, 0.5) is 5.95 Å². The summed E-state index contributed by atoms with van der Waals surface area (Å²) in [7, 11) is 0. The zero-order chi connectivity index (χ0) is 16.1. The highest BCUT2D eigenvalue weighted by Gasteiger charge is 2.28. The number of hydrogen-bond acceptors (Lipinski definition) is 6. The van der Waals surface area contributed by atoms with Crippen LogP contribution in [0, 0.1) is 5.92 Å². The topological polar surface area (TPSA) is 88.8 Å². The molecule has 1 fully saturated rings. The van der Waals surface area contributed by atoms with Gasteiger partial charge in [0.25, 0.3) is 0 Å². The number of likely N-dealkylation sites (tertiary alicyclic amines) is 1. The molecule has 3 heterocycles. The van der Waals surface area contributed by atoms with E-state index in [2.05, 4.69) is 30.3 Å². The van der Waals surface area contributed by atoms with E-state index < -0.39 is 0 Å². The smallest absolute Gasteiger partial charge is 0.243 e. The van der Waals surface area contributed by atoms with E-state index in [4.69, 9.17) is 0 Å². The van der Waals surface area contributed by atoms with Crippen molar-refractivity contribution >= 4 is 11.9 Å². The molecule has 2 aromatic rings. The number of nitrogens with one attached hydrogen (secondary N) is 1. The van der Waals surface area contributed by atoms with Gasteiger partial charge in [0.1, 0.15) is 12.7 Å². The maximum atomic E-state index is 12.4. The molecule has 0 aromatic carbocycles. The van der Waals surface area contributed by atoms with Gasteiger partial charge in [-0.15, -0.1) is 0 Å². The molecule has 23 heavy (non-hydrogen) atoms. The molecule has 1 amide bonds. The van der Waals surface area contributed by atoms with Gasteiger partial charge < -0.3 is 0 Å². The van der Waals surface area contributed by atoms with Crippen LogP contribution in [-0.4, -0.2) is 54.7 Å². The quantitative estimate of drug-likeness (QED) is 0.878. The Balaban J connectivity index is 1.55. The van der Waals surface area contributed by atoms with Crippen molar-refractivity contribution in [3.63, 3.8) is 0 Å². The summed E-state index contributed by atoms with van der Waals surface area (Å²) < 4.78 is 1.86. The van der Waals surface area contributed by atoms with E-state index in [0.717, 1.165) is 32.5 Å². The first kappa shape index (κ1) is 15.5. The molecule has 1 aliphatic rings. The number of hydrogen-bond donors (Lipinski definition) is 1. The third-order valence-corrected chi connectivity index (χ3v) is 4.19. The Morgan fingerprint density at radius 3 is 3.00 bits per heavy atom. The van der Waals surface area contributed by atoms with Crippen molar-refractivity contribution in [2.24, 2.45) is 5.92 Å². The maximum absolute atomic E-state index is 12.4. The Kier molecular flexibility index (Phi) is 4.92. The van der Waals surface area contributed by atoms with Crippen molar-refractivity contribution in [3.05, 3.63) is 31.1 Å². The number of carbonyl (C=O) groups is 1. The van der Waals surface area contributed by atoms with Crippen molar-refractivity contribution in [1.29, 1.82) is 0 Å². The summed E-state index contributed by atoms with van der Waals surface area (Å²) >= 11 is 0. The third kappa shape index (κ3) is 4.10. The van der Waals surface area contributed by atoms with E-state index >= 15 is 0 Å². The number of nitrogens with zero attached hydrogens (tertiary/aromatic N) is 6. The van der Waals surface area contributed by atoms with E-state index in [0.29, 0.717) is 11.9 Å². The van der Waals surface area contributed by atoms with Crippen LogP contribution in [0.5, 0.6) is 0 Å². The molecule has 122 valence electrons. The summed E-state index contributed by atoms with van der Waals surface area (Å²) in [6.07, 6.45) is 8.74. The average molecular weight is 315 g/mol. The second-order valence-electron chi connectivity index (χ2n) is 5.86. The fourth-order valence-electron chi connectivity index (χ4n) is 2.93. The zero-order valence-electron chi connectivity index (χ0n) is 13.2. The van der Waals surface area contributed by atoms with Gasteiger partial charge in [-0.25, -0.2) is 15.0 Å². The minimum Gasteiger partial charge on any atom is -0.293 e. The summed E-state index contributed by atoms with van der Waals surface area (Å²) in [4.78, 5) is 26.6. The van der Waals surface area contributed by atoms with E-state index in [1.165, 1.54) is 0 Å². The molecular formula is C15H21N7O. The first-order valence-corrected chi connectivity index (χ1v) is 7.86. The Hall–Kier alpha value is -2.35. The van der Waals surface area contributed by atoms with Crippen molar-refractivity contribution in [2.45, 2.75) is 32.4 Å². The maximum Gasteiger partial charge on any atom is 0.243 e. The molecule has 0 bridgehead atoms. The molecule has 1 N–H and O–H groups in total. The first-order valence-electron chi connectivity index (χ1n) is 7.86. The van der Waals surface area contributed by atoms with Gasteiger partial charge in [0.15, 0.2) is 0 Å². The summed E-state index contributed by atoms with van der Waals surface area (Å²) in [5, 5.41) is 6.93. The SMILES string of the molecule is C[C@@H](C(=O)Nc1ncccn1)N1CCC[C@H](Cn2cncn2)C1. The highest BCUT2D eigenvalue weighted by atomic mass is 16.2. The van der Waals surface area contributed by atoms with E-state index in [1.54, 1.807) is 31.1 Å². The van der Waals surface area contributed by atoms with Crippen LogP contribution in [-0.2, 0) is 11.3 Å². The lowest BCUT2D eigenvalue weighted by molar-refractivity contribution is -0.121. The molecule has 1 saturated heterocycles. The Morgan fingerprint density at radius 2 is 2.26 bits per heavy atom. The Morgan fingerprint density at radius 1 is 1.43 bits per heavy atom. The molecule has 0 radical (unpaired) electrons. The second-order valence-corrected chi connectivity index (χ2v) is 5.86. The molecule has 8 heteroatoms. The summed E-state index contributed by atoms with van der Waals surface area (Å²) in [5.41, 5.74) is 0. The van der Waals surface area contributed by atoms with Gasteiger partial charge in [0.2, 0.25) is 11.9 Å². The number of amides is 1. The normalized spacial score (nSPS) is 20.1. The lowest BCUT2D eigenvalue weighted by Gasteiger charge is -2.35. The van der Waals surface area contributed by atoms with Gasteiger partial charge in [-0.1, -0.05) is 0 Å². The van der Waals surface area contributed by atoms with Crippen molar-refractivity contribution in [1.82, 2.24) is 29.6 Å². The van der Waals surface area contributed by atoms with Gasteiger partial charge in [-0.2, -0.15) is 5.10 Å². The Labute approximate surface area is 135 Å². The van der Waals surface area contributed by atoms with Gasteiger partial charge >= 0.3 is 0 Å². The molecule has 0 saturated carbocycles. The number of anilines is 1. The molecule has 0 unspecified atom stereocenters. The van der Waals surface area contributed by atoms with Crippen molar-refractivity contribution < 1.29 is 4.79 Å². The van der Waals surface area contributed by atoms with Crippen LogP contribution in [0.25, 0.3) is 0 Å². The molecule has 3 rings (SSSR count). The van der Waals surface area contributed by atoms with E-state index in [1.807, 2.05) is 11.6 Å². The first-order chi connectivity index (χ1) is 11.2. The van der Waals surface area contributed by atoms with Gasteiger partial charge in [-0.05, 0) is 38.3 Å².